The van der Waals surface area contributed by atoms with Gasteiger partial charge in [0.2, 0.25) is 5.91 Å². The van der Waals surface area contributed by atoms with Crippen molar-refractivity contribution in [3.63, 3.8) is 0 Å². The Morgan fingerprint density at radius 2 is 1.51 bits per heavy atom. The SMILES string of the molecule is CCC(=O)N(c1ccccc1)C1(C(=O)OC)CCN(CCn2c(=O)n(CC)c3ccccc32)CC1. The Balaban J connectivity index is 1.55. The zero-order valence-corrected chi connectivity index (χ0v) is 20.8. The quantitative estimate of drug-likeness (QED) is 0.465. The fraction of sp³-hybridized carbons (Fsp3) is 0.444. The maximum absolute atomic E-state index is 13.2. The minimum absolute atomic E-state index is 0.00147. The van der Waals surface area contributed by atoms with Crippen molar-refractivity contribution in [2.24, 2.45) is 0 Å². The average molecular weight is 479 g/mol. The number of para-hydroxylation sites is 3. The Labute approximate surface area is 205 Å². The standard InChI is InChI=1S/C27H34N4O4/c1-4-24(32)31(21-11-7-6-8-12-21)27(25(33)35-3)15-17-28(18-16-27)19-20-30-23-14-10-9-13-22(23)29(5-2)26(30)34/h6-14H,4-5,15-20H2,1-3H3. The number of carbonyl (C=O) groups is 2. The highest BCUT2D eigenvalue weighted by Gasteiger charge is 2.49. The van der Waals surface area contributed by atoms with Gasteiger partial charge in [-0.1, -0.05) is 37.3 Å². The zero-order chi connectivity index (χ0) is 25.0. The number of ether oxygens (including phenoxy) is 1. The molecule has 0 atom stereocenters. The number of methoxy groups -OCH3 is 1. The number of aryl methyl sites for hydroxylation is 1. The lowest BCUT2D eigenvalue weighted by molar-refractivity contribution is -0.151. The van der Waals surface area contributed by atoms with Gasteiger partial charge in [0.15, 0.2) is 0 Å². The first-order chi connectivity index (χ1) is 17.0. The minimum atomic E-state index is -1.05. The van der Waals surface area contributed by atoms with Gasteiger partial charge >= 0.3 is 11.7 Å². The second-order valence-electron chi connectivity index (χ2n) is 8.95. The second kappa shape index (κ2) is 10.5. The number of likely N-dealkylation sites (tertiary alicyclic amines) is 1. The summed E-state index contributed by atoms with van der Waals surface area (Å²) in [5.74, 6) is -0.487. The number of hydrogen-bond donors (Lipinski definition) is 0. The third-order valence-electron chi connectivity index (χ3n) is 7.12. The molecule has 0 saturated carbocycles. The van der Waals surface area contributed by atoms with Crippen molar-refractivity contribution in [2.45, 2.75) is 51.7 Å². The number of hydrogen-bond acceptors (Lipinski definition) is 5. The normalized spacial score (nSPS) is 15.7. The van der Waals surface area contributed by atoms with Crippen LogP contribution in [0.3, 0.4) is 0 Å². The van der Waals surface area contributed by atoms with Crippen molar-refractivity contribution in [3.8, 4) is 0 Å². The van der Waals surface area contributed by atoms with Crippen molar-refractivity contribution in [1.82, 2.24) is 14.0 Å². The lowest BCUT2D eigenvalue weighted by atomic mass is 9.84. The molecule has 0 radical (unpaired) electrons. The van der Waals surface area contributed by atoms with Crippen molar-refractivity contribution in [1.29, 1.82) is 0 Å². The maximum Gasteiger partial charge on any atom is 0.332 e. The van der Waals surface area contributed by atoms with Crippen LogP contribution in [0.4, 0.5) is 5.69 Å². The third-order valence-corrected chi connectivity index (χ3v) is 7.12. The number of benzene rings is 2. The molecule has 1 saturated heterocycles. The first kappa shape index (κ1) is 24.7. The highest BCUT2D eigenvalue weighted by atomic mass is 16.5. The number of esters is 1. The molecule has 1 aliphatic heterocycles. The molecule has 0 bridgehead atoms. The predicted molar refractivity (Wildman–Crippen MR) is 137 cm³/mol. The highest BCUT2D eigenvalue weighted by molar-refractivity contribution is 6.02. The fourth-order valence-corrected chi connectivity index (χ4v) is 5.26. The summed E-state index contributed by atoms with van der Waals surface area (Å²) in [5.41, 5.74) is 1.54. The van der Waals surface area contributed by atoms with Crippen LogP contribution in [0.25, 0.3) is 11.0 Å². The van der Waals surface area contributed by atoms with Gasteiger partial charge in [-0.05, 0) is 44.0 Å². The number of imidazole rings is 1. The number of fused-ring (bicyclic) bond motifs is 1. The van der Waals surface area contributed by atoms with Crippen molar-refractivity contribution < 1.29 is 14.3 Å². The van der Waals surface area contributed by atoms with Crippen LogP contribution < -0.4 is 10.6 Å². The van der Waals surface area contributed by atoms with Crippen LogP contribution in [0.1, 0.15) is 33.1 Å². The van der Waals surface area contributed by atoms with Crippen LogP contribution in [-0.2, 0) is 27.4 Å². The Hall–Kier alpha value is -3.39. The zero-order valence-electron chi connectivity index (χ0n) is 20.8. The molecule has 186 valence electrons. The summed E-state index contributed by atoms with van der Waals surface area (Å²) in [6.45, 7) is 6.90. The topological polar surface area (TPSA) is 76.8 Å². The van der Waals surface area contributed by atoms with Crippen LogP contribution in [0.15, 0.2) is 59.4 Å². The van der Waals surface area contributed by atoms with Gasteiger partial charge in [-0.3, -0.25) is 18.8 Å². The van der Waals surface area contributed by atoms with Crippen molar-refractivity contribution in [2.75, 3.05) is 31.6 Å². The molecule has 1 amide bonds. The second-order valence-corrected chi connectivity index (χ2v) is 8.95. The minimum Gasteiger partial charge on any atom is -0.467 e. The van der Waals surface area contributed by atoms with Gasteiger partial charge < -0.3 is 9.64 Å². The molecule has 1 aliphatic rings. The molecule has 8 nitrogen and oxygen atoms in total. The predicted octanol–water partition coefficient (Wildman–Crippen LogP) is 3.27. The molecule has 2 aromatic carbocycles. The highest BCUT2D eigenvalue weighted by Crippen LogP contribution is 2.35. The number of anilines is 1. The van der Waals surface area contributed by atoms with E-state index < -0.39 is 5.54 Å². The summed E-state index contributed by atoms with van der Waals surface area (Å²) in [6.07, 6.45) is 1.22. The van der Waals surface area contributed by atoms with E-state index in [1.807, 2.05) is 73.0 Å². The van der Waals surface area contributed by atoms with Gasteiger partial charge in [0.05, 0.1) is 18.1 Å². The van der Waals surface area contributed by atoms with E-state index in [0.29, 0.717) is 57.7 Å². The average Bonchev–Trinajstić information content (AvgIpc) is 3.18. The van der Waals surface area contributed by atoms with Gasteiger partial charge in [0.1, 0.15) is 5.54 Å². The van der Waals surface area contributed by atoms with E-state index >= 15 is 0 Å². The monoisotopic (exact) mass is 478 g/mol. The molecular formula is C27H34N4O4. The summed E-state index contributed by atoms with van der Waals surface area (Å²) in [5, 5.41) is 0. The van der Waals surface area contributed by atoms with E-state index in [1.165, 1.54) is 7.11 Å². The van der Waals surface area contributed by atoms with Gasteiger partial charge in [0.25, 0.3) is 0 Å². The van der Waals surface area contributed by atoms with E-state index in [-0.39, 0.29) is 17.6 Å². The van der Waals surface area contributed by atoms with E-state index in [0.717, 1.165) is 11.0 Å². The Kier molecular flexibility index (Phi) is 7.40. The first-order valence-electron chi connectivity index (χ1n) is 12.3. The van der Waals surface area contributed by atoms with Crippen LogP contribution >= 0.6 is 0 Å². The third kappa shape index (κ3) is 4.50. The lowest BCUT2D eigenvalue weighted by Gasteiger charge is -2.46. The summed E-state index contributed by atoms with van der Waals surface area (Å²) < 4.78 is 8.86. The molecule has 0 spiro atoms. The molecule has 2 heterocycles. The van der Waals surface area contributed by atoms with Crippen molar-refractivity contribution >= 4 is 28.6 Å². The molecule has 1 aromatic heterocycles. The molecular weight excluding hydrogens is 444 g/mol. The molecule has 4 rings (SSSR count). The van der Waals surface area contributed by atoms with E-state index in [1.54, 1.807) is 9.47 Å². The maximum atomic E-state index is 13.2. The molecule has 0 aliphatic carbocycles. The first-order valence-corrected chi connectivity index (χ1v) is 12.3. The molecule has 3 aromatic rings. The lowest BCUT2D eigenvalue weighted by Crippen LogP contribution is -2.62. The van der Waals surface area contributed by atoms with Crippen LogP contribution in [-0.4, -0.2) is 58.2 Å². The number of nitrogens with zero attached hydrogens (tertiary/aromatic N) is 4. The van der Waals surface area contributed by atoms with Crippen molar-refractivity contribution in [3.05, 3.63) is 65.1 Å². The molecule has 1 fully saturated rings. The van der Waals surface area contributed by atoms with Crippen LogP contribution in [0.5, 0.6) is 0 Å². The number of aromatic nitrogens is 2. The van der Waals surface area contributed by atoms with E-state index in [2.05, 4.69) is 4.90 Å². The molecule has 8 heteroatoms. The van der Waals surface area contributed by atoms with Crippen LogP contribution in [0.2, 0.25) is 0 Å². The number of rotatable bonds is 8. The van der Waals surface area contributed by atoms with Gasteiger partial charge in [-0.15, -0.1) is 0 Å². The van der Waals surface area contributed by atoms with Crippen LogP contribution in [0, 0.1) is 0 Å². The van der Waals surface area contributed by atoms with Gasteiger partial charge in [0, 0.05) is 44.8 Å². The van der Waals surface area contributed by atoms with Gasteiger partial charge in [-0.2, -0.15) is 0 Å². The Morgan fingerprint density at radius 1 is 0.914 bits per heavy atom. The fourth-order valence-electron chi connectivity index (χ4n) is 5.26. The largest absolute Gasteiger partial charge is 0.467 e. The number of carbonyl (C=O) groups excluding carboxylic acids is 2. The number of piperidine rings is 1. The summed E-state index contributed by atoms with van der Waals surface area (Å²) in [7, 11) is 1.38. The van der Waals surface area contributed by atoms with E-state index in [9.17, 15) is 14.4 Å². The summed E-state index contributed by atoms with van der Waals surface area (Å²) in [6, 6.07) is 17.2. The molecule has 0 unspecified atom stereocenters. The smallest absolute Gasteiger partial charge is 0.332 e. The number of amides is 1. The summed E-state index contributed by atoms with van der Waals surface area (Å²) >= 11 is 0. The Morgan fingerprint density at radius 3 is 2.09 bits per heavy atom. The summed E-state index contributed by atoms with van der Waals surface area (Å²) in [4.78, 5) is 43.1. The van der Waals surface area contributed by atoms with E-state index in [4.69, 9.17) is 4.74 Å². The molecule has 35 heavy (non-hydrogen) atoms. The van der Waals surface area contributed by atoms with Gasteiger partial charge in [-0.25, -0.2) is 9.59 Å². The molecule has 0 N–H and O–H groups in total. The Bertz CT molecular complexity index is 1240.